The van der Waals surface area contributed by atoms with Gasteiger partial charge in [-0.05, 0) is 35.2 Å². The summed E-state index contributed by atoms with van der Waals surface area (Å²) in [6.45, 7) is 0.643. The van der Waals surface area contributed by atoms with Crippen molar-refractivity contribution in [2.75, 3.05) is 11.1 Å². The molecule has 0 saturated heterocycles. The molecule has 33 heavy (non-hydrogen) atoms. The minimum Gasteiger partial charge on any atom is -0.369 e. The Balaban J connectivity index is 1.52. The van der Waals surface area contributed by atoms with E-state index in [9.17, 15) is 9.59 Å². The molecule has 166 valence electrons. The van der Waals surface area contributed by atoms with Crippen molar-refractivity contribution in [2.45, 2.75) is 11.4 Å². The van der Waals surface area contributed by atoms with Gasteiger partial charge in [-0.1, -0.05) is 48.5 Å². The summed E-state index contributed by atoms with van der Waals surface area (Å²) in [5.41, 5.74) is 8.72. The molecule has 0 fully saturated rings. The van der Waals surface area contributed by atoms with Crippen molar-refractivity contribution in [1.82, 2.24) is 9.78 Å². The van der Waals surface area contributed by atoms with E-state index in [0.717, 1.165) is 26.6 Å². The Hall–Kier alpha value is -3.62. The number of nitrogens with zero attached hydrogens (tertiary/aromatic N) is 2. The Morgan fingerprint density at radius 1 is 1.06 bits per heavy atom. The second-order valence-corrected chi connectivity index (χ2v) is 9.13. The number of amides is 2. The molecule has 6 nitrogen and oxygen atoms in total. The molecule has 0 bridgehead atoms. The first kappa shape index (κ1) is 22.6. The van der Waals surface area contributed by atoms with Crippen molar-refractivity contribution >= 4 is 46.7 Å². The van der Waals surface area contributed by atoms with Crippen LogP contribution in [-0.2, 0) is 16.1 Å². The molecule has 2 heterocycles. The molecule has 8 heteroatoms. The molecule has 0 radical (unpaired) electrons. The number of aromatic nitrogens is 2. The van der Waals surface area contributed by atoms with Crippen LogP contribution < -0.4 is 11.1 Å². The van der Waals surface area contributed by atoms with E-state index >= 15 is 0 Å². The number of hydrogen-bond acceptors (Lipinski definition) is 5. The lowest BCUT2D eigenvalue weighted by atomic mass is 10.2. The lowest BCUT2D eigenvalue weighted by Gasteiger charge is -2.08. The van der Waals surface area contributed by atoms with E-state index in [0.29, 0.717) is 12.2 Å². The second kappa shape index (κ2) is 10.8. The highest BCUT2D eigenvalue weighted by molar-refractivity contribution is 8.00. The number of rotatable bonds is 9. The molecule has 0 saturated carbocycles. The SMILES string of the molecule is NC(=O)CSc1ccccc1NC(=O)/C=C/c1cn(Cc2ccccc2)nc1-c1cccs1. The maximum absolute atomic E-state index is 12.6. The average molecular weight is 475 g/mol. The van der Waals surface area contributed by atoms with E-state index in [4.69, 9.17) is 10.8 Å². The zero-order chi connectivity index (χ0) is 23.0. The maximum atomic E-state index is 12.6. The molecule has 2 aromatic carbocycles. The largest absolute Gasteiger partial charge is 0.369 e. The van der Waals surface area contributed by atoms with Crippen LogP contribution in [0.2, 0.25) is 0 Å². The van der Waals surface area contributed by atoms with E-state index in [1.54, 1.807) is 23.5 Å². The molecule has 0 aliphatic heterocycles. The summed E-state index contributed by atoms with van der Waals surface area (Å²) >= 11 is 2.90. The highest BCUT2D eigenvalue weighted by Crippen LogP contribution is 2.29. The van der Waals surface area contributed by atoms with Crippen molar-refractivity contribution < 1.29 is 9.59 Å². The first-order valence-electron chi connectivity index (χ1n) is 10.2. The van der Waals surface area contributed by atoms with Crippen LogP contribution in [0, 0.1) is 0 Å². The average Bonchev–Trinajstić information content (AvgIpc) is 3.48. The van der Waals surface area contributed by atoms with Crippen LogP contribution in [0.25, 0.3) is 16.6 Å². The standard InChI is InChI=1S/C25H22N4O2S2/c26-23(30)17-33-21-10-5-4-9-20(21)27-24(31)13-12-19-16-29(15-18-7-2-1-3-8-18)28-25(19)22-11-6-14-32-22/h1-14,16H,15,17H2,(H2,26,30)(H,27,31)/b13-12+. The predicted octanol–water partition coefficient (Wildman–Crippen LogP) is 4.89. The molecule has 4 aromatic rings. The highest BCUT2D eigenvalue weighted by Gasteiger charge is 2.12. The Bertz CT molecular complexity index is 1260. The summed E-state index contributed by atoms with van der Waals surface area (Å²) in [6, 6.07) is 21.4. The van der Waals surface area contributed by atoms with Gasteiger partial charge in [0.05, 0.1) is 22.9 Å². The summed E-state index contributed by atoms with van der Waals surface area (Å²) in [6.07, 6.45) is 5.22. The fourth-order valence-corrected chi connectivity index (χ4v) is 4.68. The van der Waals surface area contributed by atoms with Crippen LogP contribution >= 0.6 is 23.1 Å². The zero-order valence-electron chi connectivity index (χ0n) is 17.7. The fraction of sp³-hybridized carbons (Fsp3) is 0.0800. The lowest BCUT2D eigenvalue weighted by molar-refractivity contribution is -0.115. The normalized spacial score (nSPS) is 11.0. The molecular formula is C25H22N4O2S2. The van der Waals surface area contributed by atoms with Crippen LogP contribution in [0.1, 0.15) is 11.1 Å². The van der Waals surface area contributed by atoms with Gasteiger partial charge >= 0.3 is 0 Å². The maximum Gasteiger partial charge on any atom is 0.248 e. The number of primary amides is 1. The number of nitrogens with two attached hydrogens (primary N) is 1. The monoisotopic (exact) mass is 474 g/mol. The quantitative estimate of drug-likeness (QED) is 0.267. The van der Waals surface area contributed by atoms with Gasteiger partial charge in [0.15, 0.2) is 0 Å². The van der Waals surface area contributed by atoms with Crippen LogP contribution in [0.4, 0.5) is 5.69 Å². The van der Waals surface area contributed by atoms with E-state index in [1.807, 2.05) is 64.8 Å². The third-order valence-electron chi connectivity index (χ3n) is 4.66. The Kier molecular flexibility index (Phi) is 7.39. The van der Waals surface area contributed by atoms with Gasteiger partial charge in [0.1, 0.15) is 5.69 Å². The summed E-state index contributed by atoms with van der Waals surface area (Å²) in [7, 11) is 0. The minimum atomic E-state index is -0.408. The van der Waals surface area contributed by atoms with Crippen LogP contribution in [-0.4, -0.2) is 27.3 Å². The van der Waals surface area contributed by atoms with Gasteiger partial charge in [0.25, 0.3) is 0 Å². The third-order valence-corrected chi connectivity index (χ3v) is 6.63. The summed E-state index contributed by atoms with van der Waals surface area (Å²) < 4.78 is 1.89. The molecule has 2 amide bonds. The number of anilines is 1. The number of para-hydroxylation sites is 1. The third kappa shape index (κ3) is 6.21. The molecule has 2 aromatic heterocycles. The van der Waals surface area contributed by atoms with Gasteiger partial charge in [-0.2, -0.15) is 5.10 Å². The molecule has 0 atom stereocenters. The van der Waals surface area contributed by atoms with Crippen molar-refractivity contribution in [2.24, 2.45) is 5.73 Å². The van der Waals surface area contributed by atoms with Gasteiger partial charge in [-0.15, -0.1) is 23.1 Å². The molecule has 0 spiro atoms. The number of hydrogen-bond donors (Lipinski definition) is 2. The lowest BCUT2D eigenvalue weighted by Crippen LogP contribution is -2.13. The van der Waals surface area contributed by atoms with Gasteiger partial charge in [0.2, 0.25) is 11.8 Å². The second-order valence-electron chi connectivity index (χ2n) is 7.17. The van der Waals surface area contributed by atoms with Crippen molar-refractivity contribution in [3.63, 3.8) is 0 Å². The number of thiophene rings is 1. The van der Waals surface area contributed by atoms with Crippen molar-refractivity contribution in [3.8, 4) is 10.6 Å². The summed E-state index contributed by atoms with van der Waals surface area (Å²) in [5, 5.41) is 9.65. The Morgan fingerprint density at radius 2 is 1.85 bits per heavy atom. The van der Waals surface area contributed by atoms with E-state index in [2.05, 4.69) is 17.4 Å². The summed E-state index contributed by atoms with van der Waals surface area (Å²) in [4.78, 5) is 25.6. The molecular weight excluding hydrogens is 452 g/mol. The molecule has 4 rings (SSSR count). The molecule has 0 unspecified atom stereocenters. The van der Waals surface area contributed by atoms with Crippen LogP contribution in [0.15, 0.2) is 89.3 Å². The van der Waals surface area contributed by atoms with Gasteiger partial charge in [0, 0.05) is 22.7 Å². The van der Waals surface area contributed by atoms with Crippen LogP contribution in [0.3, 0.4) is 0 Å². The van der Waals surface area contributed by atoms with E-state index in [-0.39, 0.29) is 11.7 Å². The molecule has 3 N–H and O–H groups in total. The van der Waals surface area contributed by atoms with Gasteiger partial charge in [-0.25, -0.2) is 0 Å². The first-order chi connectivity index (χ1) is 16.1. The number of benzene rings is 2. The van der Waals surface area contributed by atoms with Gasteiger partial charge in [-0.3, -0.25) is 14.3 Å². The highest BCUT2D eigenvalue weighted by atomic mass is 32.2. The first-order valence-corrected chi connectivity index (χ1v) is 12.1. The fourth-order valence-electron chi connectivity index (χ4n) is 3.20. The number of carbonyl (C=O) groups excluding carboxylic acids is 2. The Morgan fingerprint density at radius 3 is 2.61 bits per heavy atom. The van der Waals surface area contributed by atoms with Crippen molar-refractivity contribution in [3.05, 3.63) is 95.5 Å². The molecule has 0 aliphatic carbocycles. The van der Waals surface area contributed by atoms with Gasteiger partial charge < -0.3 is 11.1 Å². The number of carbonyl (C=O) groups is 2. The van der Waals surface area contributed by atoms with Crippen molar-refractivity contribution in [1.29, 1.82) is 0 Å². The van der Waals surface area contributed by atoms with E-state index < -0.39 is 5.91 Å². The smallest absolute Gasteiger partial charge is 0.248 e. The Labute approximate surface area is 200 Å². The topological polar surface area (TPSA) is 90.0 Å². The molecule has 0 aliphatic rings. The zero-order valence-corrected chi connectivity index (χ0v) is 19.3. The minimum absolute atomic E-state index is 0.146. The van der Waals surface area contributed by atoms with E-state index in [1.165, 1.54) is 17.8 Å². The predicted molar refractivity (Wildman–Crippen MR) is 135 cm³/mol. The summed E-state index contributed by atoms with van der Waals surface area (Å²) in [5.74, 6) is -0.530. The number of nitrogens with one attached hydrogen (secondary N) is 1. The van der Waals surface area contributed by atoms with Crippen LogP contribution in [0.5, 0.6) is 0 Å². The number of thioether (sulfide) groups is 1.